The summed E-state index contributed by atoms with van der Waals surface area (Å²) in [5.41, 5.74) is 2.97. The highest BCUT2D eigenvalue weighted by Crippen LogP contribution is 2.28. The van der Waals surface area contributed by atoms with Crippen LogP contribution in [0.2, 0.25) is 0 Å². The largest absolute Gasteiger partial charge is 0.389 e. The van der Waals surface area contributed by atoms with Crippen molar-refractivity contribution < 1.29 is 9.90 Å². The van der Waals surface area contributed by atoms with Gasteiger partial charge < -0.3 is 10.0 Å². The molecule has 5 nitrogen and oxygen atoms in total. The molecule has 1 saturated heterocycles. The number of aromatic nitrogens is 2. The summed E-state index contributed by atoms with van der Waals surface area (Å²) >= 11 is 0. The molecule has 0 aliphatic carbocycles. The average molecular weight is 416 g/mol. The van der Waals surface area contributed by atoms with Gasteiger partial charge in [0, 0.05) is 37.7 Å². The molecule has 5 heteroatoms. The van der Waals surface area contributed by atoms with Gasteiger partial charge in [-0.15, -0.1) is 0 Å². The second-order valence-electron chi connectivity index (χ2n) is 8.56. The van der Waals surface area contributed by atoms with Crippen molar-refractivity contribution in [2.75, 3.05) is 13.1 Å². The Morgan fingerprint density at radius 2 is 1.65 bits per heavy atom. The summed E-state index contributed by atoms with van der Waals surface area (Å²) in [6, 6.07) is 20.1. The predicted molar refractivity (Wildman–Crippen MR) is 121 cm³/mol. The molecule has 2 aromatic carbocycles. The highest BCUT2D eigenvalue weighted by molar-refractivity contribution is 5.77. The molecule has 0 bridgehead atoms. The standard InChI is InChI=1S/C26H29N3O2/c1-20(21-8-4-2-5-9-21)16-25(30)29-14-12-26(31,13-15-29)17-23-18-28-24(19-27-23)22-10-6-3-7-11-22/h2-11,18-20,31H,12-17H2,1H3/t20-/m1/s1. The third-order valence-corrected chi connectivity index (χ3v) is 6.18. The number of amides is 1. The predicted octanol–water partition coefficient (Wildman–Crippen LogP) is 4.23. The first-order valence-electron chi connectivity index (χ1n) is 10.9. The van der Waals surface area contributed by atoms with Crippen molar-refractivity contribution in [2.24, 2.45) is 0 Å². The van der Waals surface area contributed by atoms with Gasteiger partial charge in [-0.25, -0.2) is 0 Å². The van der Waals surface area contributed by atoms with E-state index in [0.29, 0.717) is 38.8 Å². The zero-order valence-corrected chi connectivity index (χ0v) is 17.9. The Morgan fingerprint density at radius 3 is 2.26 bits per heavy atom. The number of hydrogen-bond donors (Lipinski definition) is 1. The van der Waals surface area contributed by atoms with Gasteiger partial charge in [0.25, 0.3) is 0 Å². The van der Waals surface area contributed by atoms with Gasteiger partial charge in [0.2, 0.25) is 5.91 Å². The molecule has 3 aromatic rings. The number of nitrogens with zero attached hydrogens (tertiary/aromatic N) is 3. The van der Waals surface area contributed by atoms with E-state index in [1.54, 1.807) is 12.4 Å². The fourth-order valence-corrected chi connectivity index (χ4v) is 4.18. The molecule has 0 saturated carbocycles. The van der Waals surface area contributed by atoms with E-state index in [1.165, 1.54) is 5.56 Å². The highest BCUT2D eigenvalue weighted by atomic mass is 16.3. The highest BCUT2D eigenvalue weighted by Gasteiger charge is 2.34. The van der Waals surface area contributed by atoms with Crippen LogP contribution in [0.4, 0.5) is 0 Å². The van der Waals surface area contributed by atoms with Crippen molar-refractivity contribution in [1.29, 1.82) is 0 Å². The summed E-state index contributed by atoms with van der Waals surface area (Å²) in [6.45, 7) is 3.24. The molecule has 1 fully saturated rings. The fraction of sp³-hybridized carbons (Fsp3) is 0.346. The number of carbonyl (C=O) groups excluding carboxylic acids is 1. The molecule has 0 spiro atoms. The minimum atomic E-state index is -0.842. The molecule has 1 atom stereocenters. The van der Waals surface area contributed by atoms with Crippen molar-refractivity contribution in [1.82, 2.24) is 14.9 Å². The van der Waals surface area contributed by atoms with E-state index in [4.69, 9.17) is 0 Å². The Balaban J connectivity index is 1.30. The molecule has 0 radical (unpaired) electrons. The number of benzene rings is 2. The van der Waals surface area contributed by atoms with E-state index < -0.39 is 5.60 Å². The summed E-state index contributed by atoms with van der Waals surface area (Å²) in [7, 11) is 0. The van der Waals surface area contributed by atoms with Crippen LogP contribution in [0.5, 0.6) is 0 Å². The lowest BCUT2D eigenvalue weighted by Crippen LogP contribution is -2.48. The van der Waals surface area contributed by atoms with Gasteiger partial charge in [-0.2, -0.15) is 0 Å². The summed E-state index contributed by atoms with van der Waals surface area (Å²) < 4.78 is 0. The second kappa shape index (κ2) is 9.40. The first-order valence-corrected chi connectivity index (χ1v) is 10.9. The second-order valence-corrected chi connectivity index (χ2v) is 8.56. The fourth-order valence-electron chi connectivity index (χ4n) is 4.18. The molecular weight excluding hydrogens is 386 g/mol. The van der Waals surface area contributed by atoms with Crippen molar-refractivity contribution in [3.63, 3.8) is 0 Å². The minimum absolute atomic E-state index is 0.158. The van der Waals surface area contributed by atoms with Crippen LogP contribution in [0.3, 0.4) is 0 Å². The summed E-state index contributed by atoms with van der Waals surface area (Å²) in [5.74, 6) is 0.346. The number of rotatable bonds is 6. The lowest BCUT2D eigenvalue weighted by atomic mass is 9.86. The Kier molecular flexibility index (Phi) is 6.42. The summed E-state index contributed by atoms with van der Waals surface area (Å²) in [4.78, 5) is 23.7. The van der Waals surface area contributed by atoms with Gasteiger partial charge in [0.05, 0.1) is 23.2 Å². The van der Waals surface area contributed by atoms with Crippen LogP contribution in [0.15, 0.2) is 73.1 Å². The molecule has 31 heavy (non-hydrogen) atoms. The maximum atomic E-state index is 12.7. The van der Waals surface area contributed by atoms with Crippen LogP contribution < -0.4 is 0 Å². The molecule has 1 N–H and O–H groups in total. The number of aliphatic hydroxyl groups is 1. The third kappa shape index (κ3) is 5.36. The van der Waals surface area contributed by atoms with Crippen LogP contribution in [-0.2, 0) is 11.2 Å². The van der Waals surface area contributed by atoms with Crippen LogP contribution in [0, 0.1) is 0 Å². The molecule has 2 heterocycles. The van der Waals surface area contributed by atoms with E-state index in [2.05, 4.69) is 29.0 Å². The zero-order chi connectivity index (χ0) is 21.7. The van der Waals surface area contributed by atoms with Gasteiger partial charge >= 0.3 is 0 Å². The monoisotopic (exact) mass is 415 g/mol. The number of hydrogen-bond acceptors (Lipinski definition) is 4. The Labute approximate surface area is 183 Å². The maximum absolute atomic E-state index is 12.7. The van der Waals surface area contributed by atoms with Crippen LogP contribution in [0.25, 0.3) is 11.3 Å². The lowest BCUT2D eigenvalue weighted by Gasteiger charge is -2.38. The lowest BCUT2D eigenvalue weighted by molar-refractivity contribution is -0.135. The first kappa shape index (κ1) is 21.2. The molecule has 160 valence electrons. The van der Waals surface area contributed by atoms with E-state index in [9.17, 15) is 9.90 Å². The first-order chi connectivity index (χ1) is 15.0. The Hall–Kier alpha value is -3.05. The normalized spacial score (nSPS) is 16.6. The van der Waals surface area contributed by atoms with Crippen LogP contribution >= 0.6 is 0 Å². The van der Waals surface area contributed by atoms with Gasteiger partial charge in [-0.3, -0.25) is 14.8 Å². The van der Waals surface area contributed by atoms with E-state index in [1.807, 2.05) is 53.4 Å². The zero-order valence-electron chi connectivity index (χ0n) is 17.9. The van der Waals surface area contributed by atoms with Crippen molar-refractivity contribution in [3.05, 3.63) is 84.3 Å². The number of likely N-dealkylation sites (tertiary alicyclic amines) is 1. The van der Waals surface area contributed by atoms with Gasteiger partial charge in [-0.05, 0) is 24.3 Å². The maximum Gasteiger partial charge on any atom is 0.223 e. The van der Waals surface area contributed by atoms with E-state index in [-0.39, 0.29) is 11.8 Å². The third-order valence-electron chi connectivity index (χ3n) is 6.18. The van der Waals surface area contributed by atoms with Crippen LogP contribution in [-0.4, -0.2) is 44.6 Å². The van der Waals surface area contributed by atoms with E-state index in [0.717, 1.165) is 17.0 Å². The van der Waals surface area contributed by atoms with Crippen molar-refractivity contribution in [3.8, 4) is 11.3 Å². The van der Waals surface area contributed by atoms with Crippen molar-refractivity contribution in [2.45, 2.75) is 44.1 Å². The minimum Gasteiger partial charge on any atom is -0.389 e. The SMILES string of the molecule is C[C@H](CC(=O)N1CCC(O)(Cc2cnc(-c3ccccc3)cn2)CC1)c1ccccc1. The molecule has 1 aliphatic rings. The topological polar surface area (TPSA) is 66.3 Å². The molecule has 4 rings (SSSR count). The van der Waals surface area contributed by atoms with Crippen LogP contribution in [0.1, 0.15) is 43.4 Å². The quantitative estimate of drug-likeness (QED) is 0.654. The molecule has 1 aromatic heterocycles. The molecular formula is C26H29N3O2. The smallest absolute Gasteiger partial charge is 0.223 e. The summed E-state index contributed by atoms with van der Waals surface area (Å²) in [5, 5.41) is 11.1. The number of piperidine rings is 1. The molecule has 1 amide bonds. The van der Waals surface area contributed by atoms with Crippen molar-refractivity contribution >= 4 is 5.91 Å². The van der Waals surface area contributed by atoms with Gasteiger partial charge in [0.15, 0.2) is 0 Å². The van der Waals surface area contributed by atoms with Gasteiger partial charge in [-0.1, -0.05) is 67.6 Å². The average Bonchev–Trinajstić information content (AvgIpc) is 2.81. The molecule has 1 aliphatic heterocycles. The molecule has 0 unspecified atom stereocenters. The Bertz CT molecular complexity index is 982. The van der Waals surface area contributed by atoms with E-state index >= 15 is 0 Å². The van der Waals surface area contributed by atoms with Gasteiger partial charge in [0.1, 0.15) is 0 Å². The Morgan fingerprint density at radius 1 is 1.00 bits per heavy atom. The summed E-state index contributed by atoms with van der Waals surface area (Å²) in [6.07, 6.45) is 5.57. The number of carbonyl (C=O) groups is 1.